The first-order valence-corrected chi connectivity index (χ1v) is 7.50. The molecule has 2 aromatic carbocycles. The smallest absolute Gasteiger partial charge is 0.269 e. The summed E-state index contributed by atoms with van der Waals surface area (Å²) in [5, 5.41) is 12.8. The molecular formula is C18H12ClN3O2. The Morgan fingerprint density at radius 1 is 1.17 bits per heavy atom. The first-order chi connectivity index (χ1) is 11.8. The number of halogens is 1. The van der Waals surface area contributed by atoms with Gasteiger partial charge in [-0.3, -0.25) is 0 Å². The molecule has 1 aromatic heterocycles. The lowest BCUT2D eigenvalue weighted by atomic mass is 10.2. The predicted molar refractivity (Wildman–Crippen MR) is 91.0 cm³/mol. The summed E-state index contributed by atoms with van der Waals surface area (Å²) >= 11 is 6.26. The summed E-state index contributed by atoms with van der Waals surface area (Å²) in [6, 6.07) is 18.6. The number of nitriles is 1. The highest BCUT2D eigenvalue weighted by molar-refractivity contribution is 6.50. The lowest BCUT2D eigenvalue weighted by molar-refractivity contribution is 0.368. The molecule has 0 saturated heterocycles. The number of benzene rings is 2. The van der Waals surface area contributed by atoms with Gasteiger partial charge in [-0.2, -0.15) is 10.2 Å². The molecule has 0 atom stereocenters. The number of aromatic nitrogens is 2. The third kappa shape index (κ3) is 3.80. The Labute approximate surface area is 143 Å². The fraction of sp³-hybridized carbons (Fsp3) is 0.0556. The lowest BCUT2D eigenvalue weighted by Crippen LogP contribution is -1.92. The fourth-order valence-corrected chi connectivity index (χ4v) is 2.21. The monoisotopic (exact) mass is 337 g/mol. The molecule has 118 valence electrons. The van der Waals surface area contributed by atoms with Crippen molar-refractivity contribution in [3.05, 3.63) is 66.1 Å². The van der Waals surface area contributed by atoms with Gasteiger partial charge in [0.25, 0.3) is 5.89 Å². The van der Waals surface area contributed by atoms with Gasteiger partial charge in [0.2, 0.25) is 5.82 Å². The highest BCUT2D eigenvalue weighted by atomic mass is 35.5. The molecule has 0 aliphatic heterocycles. The lowest BCUT2D eigenvalue weighted by Gasteiger charge is -2.01. The Balaban J connectivity index is 1.76. The molecule has 0 radical (unpaired) electrons. The van der Waals surface area contributed by atoms with Crippen molar-refractivity contribution in [1.29, 1.82) is 5.26 Å². The van der Waals surface area contributed by atoms with Crippen molar-refractivity contribution in [3.63, 3.8) is 0 Å². The van der Waals surface area contributed by atoms with Crippen LogP contribution in [0, 0.1) is 11.3 Å². The van der Waals surface area contributed by atoms with E-state index in [1.165, 1.54) is 0 Å². The molecule has 0 aliphatic rings. The maximum absolute atomic E-state index is 8.49. The molecule has 0 amide bonds. The number of ether oxygens (including phenoxy) is 1. The maximum atomic E-state index is 8.49. The predicted octanol–water partition coefficient (Wildman–Crippen LogP) is 4.38. The largest absolute Gasteiger partial charge is 0.479 e. The molecule has 0 spiro atoms. The van der Waals surface area contributed by atoms with Crippen LogP contribution in [0.5, 0.6) is 5.75 Å². The average Bonchev–Trinajstić information content (AvgIpc) is 3.12. The van der Waals surface area contributed by atoms with E-state index in [9.17, 15) is 0 Å². The maximum Gasteiger partial charge on any atom is 0.269 e. The highest BCUT2D eigenvalue weighted by Crippen LogP contribution is 2.24. The molecule has 0 N–H and O–H groups in total. The Hall–Kier alpha value is -3.10. The third-order valence-electron chi connectivity index (χ3n) is 3.14. The molecule has 0 bridgehead atoms. The summed E-state index contributed by atoms with van der Waals surface area (Å²) in [7, 11) is 0. The standard InChI is InChI=1S/C18H12ClN3O2/c19-16(12-13-6-8-15(9-7-13)23-11-10-20)18-21-17(22-24-18)14-4-2-1-3-5-14/h1-9,12H,11H2/b16-12-. The van der Waals surface area contributed by atoms with E-state index in [-0.39, 0.29) is 12.5 Å². The van der Waals surface area contributed by atoms with Crippen LogP contribution in [0.15, 0.2) is 59.1 Å². The minimum atomic E-state index is 0.0141. The molecule has 0 saturated carbocycles. The summed E-state index contributed by atoms with van der Waals surface area (Å²) in [6.45, 7) is 0.0141. The molecule has 6 heteroatoms. The number of hydrogen-bond acceptors (Lipinski definition) is 5. The van der Waals surface area contributed by atoms with Crippen LogP contribution < -0.4 is 4.74 Å². The van der Waals surface area contributed by atoms with Gasteiger partial charge in [-0.15, -0.1) is 0 Å². The molecule has 1 heterocycles. The summed E-state index contributed by atoms with van der Waals surface area (Å²) in [4.78, 5) is 4.30. The van der Waals surface area contributed by atoms with Gasteiger partial charge in [0.15, 0.2) is 6.61 Å². The topological polar surface area (TPSA) is 71.9 Å². The second kappa shape index (κ2) is 7.44. The van der Waals surface area contributed by atoms with Crippen LogP contribution in [0.2, 0.25) is 0 Å². The fourth-order valence-electron chi connectivity index (χ4n) is 2.01. The summed E-state index contributed by atoms with van der Waals surface area (Å²) < 4.78 is 10.4. The van der Waals surface area contributed by atoms with Gasteiger partial charge in [0.1, 0.15) is 16.9 Å². The van der Waals surface area contributed by atoms with E-state index in [1.807, 2.05) is 48.5 Å². The average molecular weight is 338 g/mol. The quantitative estimate of drug-likeness (QED) is 0.691. The minimum absolute atomic E-state index is 0.0141. The zero-order valence-corrected chi connectivity index (χ0v) is 13.3. The SMILES string of the molecule is N#CCOc1ccc(/C=C(\Cl)c2nc(-c3ccccc3)no2)cc1. The molecule has 0 unspecified atom stereocenters. The third-order valence-corrected chi connectivity index (χ3v) is 3.41. The molecule has 3 aromatic rings. The Kier molecular flexibility index (Phi) is 4.90. The first kappa shape index (κ1) is 15.8. The van der Waals surface area contributed by atoms with Crippen LogP contribution in [0.4, 0.5) is 0 Å². The van der Waals surface area contributed by atoms with Crippen molar-refractivity contribution in [2.24, 2.45) is 0 Å². The van der Waals surface area contributed by atoms with E-state index in [1.54, 1.807) is 18.2 Å². The number of nitrogens with zero attached hydrogens (tertiary/aromatic N) is 3. The van der Waals surface area contributed by atoms with Crippen LogP contribution >= 0.6 is 11.6 Å². The van der Waals surface area contributed by atoms with Gasteiger partial charge in [-0.1, -0.05) is 59.2 Å². The van der Waals surface area contributed by atoms with Gasteiger partial charge in [0, 0.05) is 5.56 Å². The van der Waals surface area contributed by atoms with Crippen molar-refractivity contribution in [1.82, 2.24) is 10.1 Å². The number of hydrogen-bond donors (Lipinski definition) is 0. The molecule has 0 fully saturated rings. The second-order valence-electron chi connectivity index (χ2n) is 4.80. The van der Waals surface area contributed by atoms with E-state index < -0.39 is 0 Å². The van der Waals surface area contributed by atoms with Gasteiger partial charge in [-0.05, 0) is 23.8 Å². The van der Waals surface area contributed by atoms with Crippen molar-refractivity contribution >= 4 is 22.7 Å². The van der Waals surface area contributed by atoms with Crippen LogP contribution in [0.25, 0.3) is 22.5 Å². The van der Waals surface area contributed by atoms with Gasteiger partial charge < -0.3 is 9.26 Å². The molecule has 24 heavy (non-hydrogen) atoms. The van der Waals surface area contributed by atoms with E-state index in [0.717, 1.165) is 11.1 Å². The number of rotatable bonds is 5. The van der Waals surface area contributed by atoms with E-state index in [2.05, 4.69) is 10.1 Å². The van der Waals surface area contributed by atoms with Crippen molar-refractivity contribution < 1.29 is 9.26 Å². The van der Waals surface area contributed by atoms with Gasteiger partial charge >= 0.3 is 0 Å². The Morgan fingerprint density at radius 2 is 1.92 bits per heavy atom. The summed E-state index contributed by atoms with van der Waals surface area (Å²) in [5.41, 5.74) is 1.71. The van der Waals surface area contributed by atoms with Gasteiger partial charge in [-0.25, -0.2) is 0 Å². The van der Waals surface area contributed by atoms with Crippen molar-refractivity contribution in [2.75, 3.05) is 6.61 Å². The molecule has 0 aliphatic carbocycles. The minimum Gasteiger partial charge on any atom is -0.479 e. The zero-order chi connectivity index (χ0) is 16.8. The first-order valence-electron chi connectivity index (χ1n) is 7.13. The van der Waals surface area contributed by atoms with Crippen LogP contribution in [0.1, 0.15) is 11.5 Å². The molecular weight excluding hydrogens is 326 g/mol. The van der Waals surface area contributed by atoms with E-state index in [0.29, 0.717) is 16.6 Å². The van der Waals surface area contributed by atoms with Crippen molar-refractivity contribution in [3.8, 4) is 23.2 Å². The highest BCUT2D eigenvalue weighted by Gasteiger charge is 2.11. The summed E-state index contributed by atoms with van der Waals surface area (Å²) in [6.07, 6.45) is 1.72. The Morgan fingerprint density at radius 3 is 2.62 bits per heavy atom. The van der Waals surface area contributed by atoms with Crippen molar-refractivity contribution in [2.45, 2.75) is 0 Å². The summed E-state index contributed by atoms with van der Waals surface area (Å²) in [5.74, 6) is 1.35. The van der Waals surface area contributed by atoms with Crippen LogP contribution in [0.3, 0.4) is 0 Å². The van der Waals surface area contributed by atoms with Gasteiger partial charge in [0.05, 0.1) is 0 Å². The normalized spacial score (nSPS) is 11.1. The zero-order valence-electron chi connectivity index (χ0n) is 12.5. The van der Waals surface area contributed by atoms with Crippen LogP contribution in [-0.2, 0) is 0 Å². The second-order valence-corrected chi connectivity index (χ2v) is 5.20. The molecule has 3 rings (SSSR count). The molecule has 5 nitrogen and oxygen atoms in total. The van der Waals surface area contributed by atoms with E-state index >= 15 is 0 Å². The van der Waals surface area contributed by atoms with Crippen LogP contribution in [-0.4, -0.2) is 16.7 Å². The Bertz CT molecular complexity index is 881. The van der Waals surface area contributed by atoms with E-state index in [4.69, 9.17) is 26.1 Å².